The molecule has 2 saturated heterocycles. The van der Waals surface area contributed by atoms with Gasteiger partial charge in [0, 0.05) is 37.3 Å². The van der Waals surface area contributed by atoms with Gasteiger partial charge in [0.15, 0.2) is 0 Å². The van der Waals surface area contributed by atoms with Crippen molar-refractivity contribution in [1.82, 2.24) is 20.2 Å². The number of carbonyl (C=O) groups is 1. The van der Waals surface area contributed by atoms with E-state index in [9.17, 15) is 4.79 Å². The van der Waals surface area contributed by atoms with E-state index in [4.69, 9.17) is 4.74 Å². The van der Waals surface area contributed by atoms with Crippen LogP contribution < -0.4 is 10.1 Å². The number of nitrogens with one attached hydrogen (secondary N) is 1. The van der Waals surface area contributed by atoms with Gasteiger partial charge in [0.1, 0.15) is 11.4 Å². The Hall–Kier alpha value is -2.47. The molecule has 2 bridgehead atoms. The number of ether oxygens (including phenoxy) is 1. The molecule has 0 spiro atoms. The quantitative estimate of drug-likeness (QED) is 0.780. The van der Waals surface area contributed by atoms with Gasteiger partial charge >= 0.3 is 0 Å². The van der Waals surface area contributed by atoms with Crippen molar-refractivity contribution in [3.63, 3.8) is 0 Å². The van der Waals surface area contributed by atoms with Crippen molar-refractivity contribution < 1.29 is 9.53 Å². The Labute approximate surface area is 172 Å². The van der Waals surface area contributed by atoms with E-state index < -0.39 is 0 Å². The van der Waals surface area contributed by atoms with E-state index in [1.54, 1.807) is 6.20 Å². The fourth-order valence-corrected chi connectivity index (χ4v) is 4.68. The normalized spacial score (nSPS) is 23.7. The number of hydrogen-bond acceptors (Lipinski definition) is 5. The Bertz CT molecular complexity index is 828. The molecule has 2 aliphatic rings. The van der Waals surface area contributed by atoms with Crippen LogP contribution in [0.2, 0.25) is 0 Å². The van der Waals surface area contributed by atoms with Gasteiger partial charge in [0.05, 0.1) is 6.61 Å². The highest BCUT2D eigenvalue weighted by Gasteiger charge is 2.41. The summed E-state index contributed by atoms with van der Waals surface area (Å²) in [6, 6.07) is 11.9. The number of carbonyl (C=O) groups excluding carboxylic acids is 1. The van der Waals surface area contributed by atoms with Crippen LogP contribution in [0.3, 0.4) is 0 Å². The van der Waals surface area contributed by atoms with Crippen LogP contribution in [0.25, 0.3) is 0 Å². The average molecular weight is 395 g/mol. The molecule has 0 saturated carbocycles. The van der Waals surface area contributed by atoms with Crippen molar-refractivity contribution in [2.24, 2.45) is 0 Å². The van der Waals surface area contributed by atoms with Crippen molar-refractivity contribution in [3.05, 3.63) is 53.5 Å². The molecule has 1 aromatic carbocycles. The van der Waals surface area contributed by atoms with Gasteiger partial charge in [-0.1, -0.05) is 37.3 Å². The summed E-state index contributed by atoms with van der Waals surface area (Å²) in [4.78, 5) is 24.2. The molecule has 1 aromatic heterocycles. The number of piperidine rings is 1. The second-order valence-electron chi connectivity index (χ2n) is 7.98. The minimum Gasteiger partial charge on any atom is -0.477 e. The minimum absolute atomic E-state index is 0.128. The summed E-state index contributed by atoms with van der Waals surface area (Å²) < 4.78 is 5.61. The van der Waals surface area contributed by atoms with Crippen LogP contribution in [0.4, 0.5) is 0 Å². The first-order valence-electron chi connectivity index (χ1n) is 10.8. The molecule has 3 heterocycles. The maximum atomic E-state index is 12.9. The van der Waals surface area contributed by atoms with Crippen LogP contribution >= 0.6 is 0 Å². The Balaban J connectivity index is 1.41. The molecule has 1 N–H and O–H groups in total. The van der Waals surface area contributed by atoms with E-state index in [1.165, 1.54) is 18.4 Å². The SMILES string of the molecule is CCOc1nc(CC)ncc1C(=O)NC1CC2CCC(C1)N2Cc1ccccc1. The summed E-state index contributed by atoms with van der Waals surface area (Å²) in [5.41, 5.74) is 1.80. The number of hydrogen-bond donors (Lipinski definition) is 1. The number of aryl methyl sites for hydroxylation is 1. The largest absolute Gasteiger partial charge is 0.477 e. The molecule has 2 unspecified atom stereocenters. The van der Waals surface area contributed by atoms with Crippen molar-refractivity contribution in [2.75, 3.05) is 6.61 Å². The van der Waals surface area contributed by atoms with E-state index in [0.29, 0.717) is 42.4 Å². The number of fused-ring (bicyclic) bond motifs is 2. The average Bonchev–Trinajstić information content (AvgIpc) is 2.96. The Kier molecular flexibility index (Phi) is 6.09. The standard InChI is InChI=1S/C23H30N4O2/c1-3-21-24-14-20(23(26-21)29-4-2)22(28)25-17-12-18-10-11-19(13-17)27(18)15-16-8-6-5-7-9-16/h5-9,14,17-19H,3-4,10-13,15H2,1-2H3,(H,25,28). The highest BCUT2D eigenvalue weighted by molar-refractivity contribution is 5.96. The van der Waals surface area contributed by atoms with Crippen LogP contribution in [0.5, 0.6) is 5.88 Å². The maximum Gasteiger partial charge on any atom is 0.258 e. The number of amides is 1. The van der Waals surface area contributed by atoms with E-state index in [0.717, 1.165) is 19.4 Å². The van der Waals surface area contributed by atoms with Gasteiger partial charge in [-0.25, -0.2) is 4.98 Å². The zero-order valence-corrected chi connectivity index (χ0v) is 17.3. The molecule has 2 aromatic rings. The third-order valence-electron chi connectivity index (χ3n) is 6.07. The third kappa shape index (κ3) is 4.42. The second kappa shape index (κ2) is 8.91. The van der Waals surface area contributed by atoms with Gasteiger partial charge < -0.3 is 10.1 Å². The second-order valence-corrected chi connectivity index (χ2v) is 7.98. The summed E-state index contributed by atoms with van der Waals surface area (Å²) in [5, 5.41) is 3.23. The van der Waals surface area contributed by atoms with Gasteiger partial charge in [-0.2, -0.15) is 4.98 Å². The Morgan fingerprint density at radius 2 is 1.90 bits per heavy atom. The summed E-state index contributed by atoms with van der Waals surface area (Å²) in [6.45, 7) is 5.36. The summed E-state index contributed by atoms with van der Waals surface area (Å²) >= 11 is 0. The fraction of sp³-hybridized carbons (Fsp3) is 0.522. The Morgan fingerprint density at radius 1 is 1.17 bits per heavy atom. The number of aromatic nitrogens is 2. The predicted molar refractivity (Wildman–Crippen MR) is 112 cm³/mol. The molecule has 6 heteroatoms. The lowest BCUT2D eigenvalue weighted by Crippen LogP contribution is -2.50. The molecular weight excluding hydrogens is 364 g/mol. The molecule has 2 fully saturated rings. The maximum absolute atomic E-state index is 12.9. The van der Waals surface area contributed by atoms with E-state index in [2.05, 4.69) is 50.5 Å². The molecule has 6 nitrogen and oxygen atoms in total. The fourth-order valence-electron chi connectivity index (χ4n) is 4.68. The first-order chi connectivity index (χ1) is 14.2. The molecule has 0 radical (unpaired) electrons. The number of rotatable bonds is 7. The van der Waals surface area contributed by atoms with Crippen molar-refractivity contribution >= 4 is 5.91 Å². The highest BCUT2D eigenvalue weighted by atomic mass is 16.5. The summed E-state index contributed by atoms with van der Waals surface area (Å²) in [5.74, 6) is 0.954. The summed E-state index contributed by atoms with van der Waals surface area (Å²) in [7, 11) is 0. The topological polar surface area (TPSA) is 67.3 Å². The zero-order valence-electron chi connectivity index (χ0n) is 17.3. The van der Waals surface area contributed by atoms with Crippen molar-refractivity contribution in [2.45, 2.75) is 70.6 Å². The molecule has 2 atom stereocenters. The minimum atomic E-state index is -0.128. The molecular formula is C23H30N4O2. The molecule has 1 amide bonds. The van der Waals surface area contributed by atoms with Gasteiger partial charge in [-0.3, -0.25) is 9.69 Å². The van der Waals surface area contributed by atoms with Gasteiger partial charge in [0.25, 0.3) is 5.91 Å². The monoisotopic (exact) mass is 394 g/mol. The van der Waals surface area contributed by atoms with Crippen LogP contribution in [0, 0.1) is 0 Å². The molecule has 4 rings (SSSR count). The molecule has 154 valence electrons. The molecule has 29 heavy (non-hydrogen) atoms. The highest BCUT2D eigenvalue weighted by Crippen LogP contribution is 2.37. The van der Waals surface area contributed by atoms with Gasteiger partial charge in [-0.15, -0.1) is 0 Å². The lowest BCUT2D eigenvalue weighted by Gasteiger charge is -2.39. The first-order valence-corrected chi connectivity index (χ1v) is 10.8. The van der Waals surface area contributed by atoms with E-state index in [1.807, 2.05) is 13.8 Å². The van der Waals surface area contributed by atoms with E-state index >= 15 is 0 Å². The molecule has 2 aliphatic heterocycles. The Morgan fingerprint density at radius 3 is 2.55 bits per heavy atom. The van der Waals surface area contributed by atoms with Crippen molar-refractivity contribution in [3.8, 4) is 5.88 Å². The number of benzene rings is 1. The lowest BCUT2D eigenvalue weighted by molar-refractivity contribution is 0.0823. The van der Waals surface area contributed by atoms with Gasteiger partial charge in [0.2, 0.25) is 5.88 Å². The van der Waals surface area contributed by atoms with Crippen LogP contribution in [0.1, 0.15) is 61.3 Å². The van der Waals surface area contributed by atoms with Crippen molar-refractivity contribution in [1.29, 1.82) is 0 Å². The molecule has 0 aliphatic carbocycles. The predicted octanol–water partition coefficient (Wildman–Crippen LogP) is 3.36. The third-order valence-corrected chi connectivity index (χ3v) is 6.07. The van der Waals surface area contributed by atoms with Crippen LogP contribution in [0.15, 0.2) is 36.5 Å². The van der Waals surface area contributed by atoms with Crippen LogP contribution in [-0.2, 0) is 13.0 Å². The lowest BCUT2D eigenvalue weighted by atomic mass is 9.96. The van der Waals surface area contributed by atoms with E-state index in [-0.39, 0.29) is 11.9 Å². The van der Waals surface area contributed by atoms with Crippen LogP contribution in [-0.4, -0.2) is 45.5 Å². The number of nitrogens with zero attached hydrogens (tertiary/aromatic N) is 3. The first kappa shape index (κ1) is 19.8. The summed E-state index contributed by atoms with van der Waals surface area (Å²) in [6.07, 6.45) is 6.72. The smallest absolute Gasteiger partial charge is 0.258 e. The van der Waals surface area contributed by atoms with Gasteiger partial charge in [-0.05, 0) is 38.2 Å². The zero-order chi connectivity index (χ0) is 20.2.